The van der Waals surface area contributed by atoms with E-state index in [1.54, 1.807) is 53.0 Å². The van der Waals surface area contributed by atoms with Crippen molar-refractivity contribution in [3.8, 4) is 11.8 Å². The number of Topliss-reactive ketones (excluding diaryl/α,β-unsaturated/α-hetero) is 8. The molecule has 36 heteroatoms. The molecular formula is C100H194N16O20. The molecule has 8 aliphatic heterocycles. The van der Waals surface area contributed by atoms with Crippen LogP contribution >= 0.6 is 0 Å². The summed E-state index contributed by atoms with van der Waals surface area (Å²) in [5.41, 5.74) is 0. The Morgan fingerprint density at radius 1 is 0.162 bits per heavy atom. The number of nitrogens with zero attached hydrogens (tertiary/aromatic N) is 16. The highest BCUT2D eigenvalue weighted by Gasteiger charge is 2.30. The molecule has 0 atom stereocenters. The fraction of sp³-hybridized carbons (Fsp3) is 0.780. The molecule has 8 fully saturated rings. The summed E-state index contributed by atoms with van der Waals surface area (Å²) in [6.07, 6.45) is 5.16. The molecule has 8 aliphatic rings. The maximum absolute atomic E-state index is 11.6. The molecule has 0 spiro atoms. The summed E-state index contributed by atoms with van der Waals surface area (Å²) in [5.74, 6) is 5.91. The van der Waals surface area contributed by atoms with Crippen molar-refractivity contribution >= 4 is 117 Å². The Hall–Kier alpha value is -9.60. The minimum Gasteiger partial charge on any atom is -0.340 e. The monoisotopic (exact) mass is 1940 g/mol. The third kappa shape index (κ3) is 66.0. The standard InChI is InChI=1S/C12H18N2O4.3C11H18N2O3.3C10H18N2O2.C9H18N2O.C6H10.10CH4/c1-9(15)7-11(17)13-3-5-14(6-4-13)12(18)8-10(2)16;1-9(14)7-11(16)13-5-3-12(4-6-13)8-10(2)15;2*1-3-10(15)12-4-6-13(7-5-12)11(16)8-9(2)14;1-3-11-4-6-12(7-5-11)10(14)8-9(2)13;1-3-10(14)12-6-4-11(5-7-12)8-9(2)13;1-3-9(13)11-5-7-12(8-6-11)10(14)4-2;1-3-9(12)11-7-5-10(4-2)6-8-11;1-3-5-6-4-2;;;;;;;;;;/h3-8H2,1-2H3;3*3-8H2,1-2H3;3*3-8H2,1-2H3;3-8H2,1-2H3;3-4H2,1-2H3;10*1H4. The molecule has 0 aromatic heterocycles. The van der Waals surface area contributed by atoms with Crippen LogP contribution in [-0.2, 0) is 95.9 Å². The van der Waals surface area contributed by atoms with Gasteiger partial charge in [0.2, 0.25) is 70.9 Å². The second-order valence-electron chi connectivity index (χ2n) is 31.8. The third-order valence-corrected chi connectivity index (χ3v) is 21.3. The molecule has 0 radical (unpaired) electrons. The van der Waals surface area contributed by atoms with Gasteiger partial charge in [0.1, 0.15) is 46.3 Å². The molecule has 8 heterocycles. The average Bonchev–Trinajstić information content (AvgIpc) is 0.862. The van der Waals surface area contributed by atoms with Crippen LogP contribution in [0.3, 0.4) is 0 Å². The zero-order valence-corrected chi connectivity index (χ0v) is 79.7. The lowest BCUT2D eigenvalue weighted by Crippen LogP contribution is -2.51. The molecule has 12 amide bonds. The van der Waals surface area contributed by atoms with Gasteiger partial charge >= 0.3 is 0 Å². The molecule has 0 aromatic rings. The predicted molar refractivity (Wildman–Crippen MR) is 547 cm³/mol. The molecule has 0 aromatic carbocycles. The van der Waals surface area contributed by atoms with E-state index in [1.165, 1.54) is 41.5 Å². The lowest BCUT2D eigenvalue weighted by atomic mass is 10.2. The summed E-state index contributed by atoms with van der Waals surface area (Å²) < 4.78 is 0. The van der Waals surface area contributed by atoms with Crippen LogP contribution in [0.4, 0.5) is 0 Å². The van der Waals surface area contributed by atoms with Crippen molar-refractivity contribution in [2.24, 2.45) is 0 Å². The van der Waals surface area contributed by atoms with Gasteiger partial charge in [-0.2, -0.15) is 0 Å². The van der Waals surface area contributed by atoms with Crippen LogP contribution in [-0.4, -0.2) is 431 Å². The SMILES string of the molecule is C.C.C.C.C.C.C.C.C.C.CC(=O)CC(=O)N1CCN(C(=O)CC(C)=O)CC1.CC(=O)CC(=O)N1CCN(CC(C)=O)CC1.CCC#CCC.CCC(=O)N1CCN(C(=O)CC(C)=O)CC1.CCC(=O)N1CCN(C(=O)CC(C)=O)CC1.CCC(=O)N1CCN(C(=O)CC)CC1.CCC(=O)N1CCN(CC(C)=O)CC1.CCC(=O)N1CCN(CC)CC1.CCN1CCN(C(=O)CC(C)=O)CC1. The number of ketones is 8. The van der Waals surface area contributed by atoms with Crippen molar-refractivity contribution in [2.75, 3.05) is 236 Å². The lowest BCUT2D eigenvalue weighted by Gasteiger charge is -2.34. The van der Waals surface area contributed by atoms with Gasteiger partial charge in [0.05, 0.1) is 51.6 Å². The van der Waals surface area contributed by atoms with E-state index in [0.717, 1.165) is 104 Å². The minimum atomic E-state index is -0.193. The van der Waals surface area contributed by atoms with E-state index in [1.807, 2.05) is 66.0 Å². The van der Waals surface area contributed by atoms with Gasteiger partial charge < -0.3 is 68.6 Å². The first-order valence-electron chi connectivity index (χ1n) is 45.2. The Kier molecular flexibility index (Phi) is 94.2. The molecule has 794 valence electrons. The largest absolute Gasteiger partial charge is 0.340 e. The summed E-state index contributed by atoms with van der Waals surface area (Å²) in [4.78, 5) is 254. The van der Waals surface area contributed by atoms with Crippen LogP contribution < -0.4 is 0 Å². The van der Waals surface area contributed by atoms with E-state index >= 15 is 0 Å². The number of hydrogen-bond donors (Lipinski definition) is 0. The molecule has 8 saturated heterocycles. The first-order chi connectivity index (χ1) is 59.6. The van der Waals surface area contributed by atoms with Gasteiger partial charge in [0.15, 0.2) is 0 Å². The van der Waals surface area contributed by atoms with Crippen LogP contribution in [0, 0.1) is 11.8 Å². The fourth-order valence-electron chi connectivity index (χ4n) is 13.9. The summed E-state index contributed by atoms with van der Waals surface area (Å²) in [5, 5.41) is 0. The molecule has 0 aliphatic carbocycles. The van der Waals surface area contributed by atoms with Crippen molar-refractivity contribution < 1.29 is 95.9 Å². The molecule has 0 unspecified atom stereocenters. The zero-order chi connectivity index (χ0) is 95.6. The van der Waals surface area contributed by atoms with Crippen LogP contribution in [0.15, 0.2) is 0 Å². The van der Waals surface area contributed by atoms with E-state index < -0.39 is 0 Å². The van der Waals surface area contributed by atoms with E-state index in [4.69, 9.17) is 0 Å². The molecule has 8 rings (SSSR count). The number of likely N-dealkylation sites (N-methyl/N-ethyl adjacent to an activating group) is 2. The van der Waals surface area contributed by atoms with Crippen molar-refractivity contribution in [1.82, 2.24) is 78.4 Å². The maximum atomic E-state index is 11.6. The summed E-state index contributed by atoms with van der Waals surface area (Å²) in [6.45, 7) is 56.4. The molecule has 136 heavy (non-hydrogen) atoms. The molecular weight excluding hydrogens is 1750 g/mol. The van der Waals surface area contributed by atoms with Gasteiger partial charge in [-0.1, -0.05) is 144 Å². The summed E-state index contributed by atoms with van der Waals surface area (Å²) >= 11 is 0. The number of carbonyl (C=O) groups is 20. The fourth-order valence-corrected chi connectivity index (χ4v) is 13.9. The van der Waals surface area contributed by atoms with Gasteiger partial charge in [0.25, 0.3) is 0 Å². The second-order valence-corrected chi connectivity index (χ2v) is 31.8. The topological polar surface area (TPSA) is 393 Å². The van der Waals surface area contributed by atoms with Gasteiger partial charge in [-0.05, 0) is 68.5 Å². The van der Waals surface area contributed by atoms with Crippen molar-refractivity contribution in [1.29, 1.82) is 0 Å². The van der Waals surface area contributed by atoms with Crippen LogP contribution in [0.25, 0.3) is 0 Å². The molecule has 36 nitrogen and oxygen atoms in total. The number of rotatable bonds is 24. The smallest absolute Gasteiger partial charge is 0.230 e. The Morgan fingerprint density at radius 3 is 0.368 bits per heavy atom. The third-order valence-electron chi connectivity index (χ3n) is 21.3. The predicted octanol–water partition coefficient (Wildman–Crippen LogP) is 8.87. The Balaban J connectivity index is -0.000000143. The van der Waals surface area contributed by atoms with Crippen LogP contribution in [0.5, 0.6) is 0 Å². The van der Waals surface area contributed by atoms with E-state index in [-0.39, 0.29) is 224 Å². The highest BCUT2D eigenvalue weighted by molar-refractivity contribution is 6.00. The number of carbonyl (C=O) groups excluding carboxylic acids is 20. The zero-order valence-electron chi connectivity index (χ0n) is 79.7. The highest BCUT2D eigenvalue weighted by atomic mass is 16.2. The molecule has 0 N–H and O–H groups in total. The normalized spacial score (nSPS) is 15.4. The second kappa shape index (κ2) is 85.8. The maximum Gasteiger partial charge on any atom is 0.230 e. The van der Waals surface area contributed by atoms with Gasteiger partial charge in [-0.25, -0.2) is 0 Å². The first kappa shape index (κ1) is 149. The Labute approximate surface area is 823 Å². The van der Waals surface area contributed by atoms with Gasteiger partial charge in [-0.15, -0.1) is 11.8 Å². The Morgan fingerprint density at radius 2 is 0.272 bits per heavy atom. The van der Waals surface area contributed by atoms with Crippen molar-refractivity contribution in [3.05, 3.63) is 0 Å². The first-order valence-corrected chi connectivity index (χ1v) is 45.2. The van der Waals surface area contributed by atoms with E-state index in [0.29, 0.717) is 188 Å². The Bertz CT molecular complexity index is 3420. The number of hydrogen-bond acceptors (Lipinski definition) is 24. The van der Waals surface area contributed by atoms with Crippen molar-refractivity contribution in [3.63, 3.8) is 0 Å². The van der Waals surface area contributed by atoms with Crippen molar-refractivity contribution in [2.45, 2.75) is 289 Å². The van der Waals surface area contributed by atoms with E-state index in [2.05, 4.69) is 54.2 Å². The van der Waals surface area contributed by atoms with Gasteiger partial charge in [-0.3, -0.25) is 106 Å². The molecule has 0 saturated carbocycles. The van der Waals surface area contributed by atoms with Crippen LogP contribution in [0.1, 0.15) is 289 Å². The number of amides is 12. The summed E-state index contributed by atoms with van der Waals surface area (Å²) in [7, 11) is 0. The van der Waals surface area contributed by atoms with E-state index in [9.17, 15) is 95.9 Å². The summed E-state index contributed by atoms with van der Waals surface area (Å²) in [6, 6.07) is 0. The van der Waals surface area contributed by atoms with Crippen LogP contribution in [0.2, 0.25) is 0 Å². The highest BCUT2D eigenvalue weighted by Crippen LogP contribution is 2.13. The van der Waals surface area contributed by atoms with Gasteiger partial charge in [0, 0.05) is 261 Å². The quantitative estimate of drug-likeness (QED) is 0.0642. The average molecular weight is 1940 g/mol. The lowest BCUT2D eigenvalue weighted by molar-refractivity contribution is -0.142. The molecule has 0 bridgehead atoms. The number of piperazine rings is 8. The minimum absolute atomic E-state index is 0.